The fraction of sp³-hybridized carbons (Fsp3) is 0.632. The van der Waals surface area contributed by atoms with E-state index in [4.69, 9.17) is 18.9 Å². The van der Waals surface area contributed by atoms with Crippen LogP contribution in [0.4, 0.5) is 0 Å². The zero-order valence-corrected chi connectivity index (χ0v) is 15.7. The van der Waals surface area contributed by atoms with Gasteiger partial charge in [0.15, 0.2) is 18.3 Å². The highest BCUT2D eigenvalue weighted by Gasteiger charge is 2.46. The zero-order valence-electron chi connectivity index (χ0n) is 15.7. The van der Waals surface area contributed by atoms with Crippen LogP contribution in [0.5, 0.6) is 0 Å². The van der Waals surface area contributed by atoms with Gasteiger partial charge in [0.2, 0.25) is 0 Å². The first-order valence-electron chi connectivity index (χ1n) is 8.76. The van der Waals surface area contributed by atoms with Crippen molar-refractivity contribution in [3.63, 3.8) is 0 Å². The van der Waals surface area contributed by atoms with Gasteiger partial charge in [-0.25, -0.2) is 0 Å². The van der Waals surface area contributed by atoms with E-state index in [1.165, 1.54) is 14.2 Å². The van der Waals surface area contributed by atoms with Crippen LogP contribution in [0.2, 0.25) is 0 Å². The van der Waals surface area contributed by atoms with E-state index in [0.717, 1.165) is 5.56 Å². The number of aliphatic hydroxyl groups is 2. The van der Waals surface area contributed by atoms with Crippen molar-refractivity contribution >= 4 is 5.90 Å². The smallest absolute Gasteiger partial charge is 0.197 e. The van der Waals surface area contributed by atoms with Crippen LogP contribution < -0.4 is 0 Å². The quantitative estimate of drug-likeness (QED) is 0.559. The maximum atomic E-state index is 10.5. The lowest BCUT2D eigenvalue weighted by atomic mass is 9.99. The monoisotopic (exact) mass is 367 g/mol. The molecule has 0 aliphatic carbocycles. The second-order valence-electron chi connectivity index (χ2n) is 6.59. The summed E-state index contributed by atoms with van der Waals surface area (Å²) in [5.74, 6) is 0.471. The van der Waals surface area contributed by atoms with Crippen LogP contribution in [-0.4, -0.2) is 67.6 Å². The molecule has 1 fully saturated rings. The summed E-state index contributed by atoms with van der Waals surface area (Å²) in [6.07, 6.45) is -4.75. The van der Waals surface area contributed by atoms with Crippen LogP contribution >= 0.6 is 0 Å². The maximum Gasteiger partial charge on any atom is 0.197 e. The fourth-order valence-corrected chi connectivity index (χ4v) is 2.77. The summed E-state index contributed by atoms with van der Waals surface area (Å²) >= 11 is 0. The molecular weight excluding hydrogens is 338 g/mol. The number of hydrogen-bond acceptors (Lipinski definition) is 7. The van der Waals surface area contributed by atoms with Gasteiger partial charge < -0.3 is 29.2 Å². The van der Waals surface area contributed by atoms with Crippen molar-refractivity contribution in [1.82, 2.24) is 0 Å². The maximum absolute atomic E-state index is 10.5. The Bertz CT molecular complexity index is 562. The number of hydrogen-bond donors (Lipinski definition) is 2. The average Bonchev–Trinajstić information content (AvgIpc) is 2.64. The van der Waals surface area contributed by atoms with Crippen molar-refractivity contribution in [3.05, 3.63) is 35.9 Å². The molecule has 2 rings (SSSR count). The van der Waals surface area contributed by atoms with Gasteiger partial charge in [-0.1, -0.05) is 44.2 Å². The number of nitrogens with zero attached hydrogens (tertiary/aromatic N) is 1. The van der Waals surface area contributed by atoms with Gasteiger partial charge in [-0.05, 0) is 5.56 Å². The molecular formula is C19H29NO6. The minimum atomic E-state index is -1.19. The van der Waals surface area contributed by atoms with Gasteiger partial charge in [0.05, 0.1) is 13.2 Å². The van der Waals surface area contributed by atoms with Crippen LogP contribution in [0.25, 0.3) is 0 Å². The van der Waals surface area contributed by atoms with Gasteiger partial charge in [0, 0.05) is 20.1 Å². The van der Waals surface area contributed by atoms with E-state index in [2.05, 4.69) is 4.99 Å². The molecule has 1 aromatic rings. The second-order valence-corrected chi connectivity index (χ2v) is 6.59. The molecule has 0 bridgehead atoms. The molecule has 146 valence electrons. The predicted octanol–water partition coefficient (Wildman–Crippen LogP) is 1.37. The Balaban J connectivity index is 2.13. The van der Waals surface area contributed by atoms with Crippen molar-refractivity contribution in [2.24, 2.45) is 10.9 Å². The molecule has 0 amide bonds. The molecule has 26 heavy (non-hydrogen) atoms. The standard InChI is InChI=1S/C19H29NO6/c1-12(2)18(20-10-13-8-6-5-7-9-13)26-17-16(22)15(21)14(11-23-3)25-19(17)24-4/h5-9,12,14-17,19,21-22H,10-11H2,1-4H3. The van der Waals surface area contributed by atoms with Gasteiger partial charge in [-0.15, -0.1) is 0 Å². The molecule has 7 heteroatoms. The Morgan fingerprint density at radius 2 is 1.85 bits per heavy atom. The van der Waals surface area contributed by atoms with Gasteiger partial charge in [-0.3, -0.25) is 4.99 Å². The second kappa shape index (κ2) is 9.99. The lowest BCUT2D eigenvalue weighted by molar-refractivity contribution is -0.292. The summed E-state index contributed by atoms with van der Waals surface area (Å²) in [6.45, 7) is 4.51. The lowest BCUT2D eigenvalue weighted by Crippen LogP contribution is -2.60. The molecule has 0 aromatic heterocycles. The van der Waals surface area contributed by atoms with Crippen LogP contribution in [-0.2, 0) is 25.5 Å². The minimum Gasteiger partial charge on any atom is -0.469 e. The molecule has 1 aliphatic rings. The molecule has 1 aliphatic heterocycles. The van der Waals surface area contributed by atoms with Gasteiger partial charge in [0.1, 0.15) is 18.3 Å². The SMILES string of the molecule is COCC1OC(OC)C(OC(=NCc2ccccc2)C(C)C)C(O)C1O. The molecule has 1 saturated heterocycles. The highest BCUT2D eigenvalue weighted by atomic mass is 16.7. The summed E-state index contributed by atoms with van der Waals surface area (Å²) in [7, 11) is 2.96. The predicted molar refractivity (Wildman–Crippen MR) is 96.9 cm³/mol. The topological polar surface area (TPSA) is 89.7 Å². The first kappa shape index (κ1) is 20.8. The average molecular weight is 367 g/mol. The Labute approximate surface area is 154 Å². The number of aliphatic hydroxyl groups excluding tert-OH is 2. The first-order chi connectivity index (χ1) is 12.5. The Hall–Kier alpha value is -1.51. The summed E-state index contributed by atoms with van der Waals surface area (Å²) in [5, 5.41) is 20.8. The van der Waals surface area contributed by atoms with E-state index in [9.17, 15) is 10.2 Å². The van der Waals surface area contributed by atoms with Crippen molar-refractivity contribution in [1.29, 1.82) is 0 Å². The van der Waals surface area contributed by atoms with E-state index in [1.807, 2.05) is 44.2 Å². The Morgan fingerprint density at radius 3 is 2.42 bits per heavy atom. The number of methoxy groups -OCH3 is 2. The highest BCUT2D eigenvalue weighted by molar-refractivity contribution is 5.78. The molecule has 1 aromatic carbocycles. The van der Waals surface area contributed by atoms with E-state index >= 15 is 0 Å². The van der Waals surface area contributed by atoms with E-state index in [-0.39, 0.29) is 12.5 Å². The van der Waals surface area contributed by atoms with E-state index < -0.39 is 30.7 Å². The molecule has 2 N–H and O–H groups in total. The molecule has 1 heterocycles. The van der Waals surface area contributed by atoms with Crippen LogP contribution in [0.15, 0.2) is 35.3 Å². The first-order valence-corrected chi connectivity index (χ1v) is 8.76. The summed E-state index contributed by atoms with van der Waals surface area (Å²) in [4.78, 5) is 4.54. The van der Waals surface area contributed by atoms with Gasteiger partial charge in [-0.2, -0.15) is 0 Å². The molecule has 5 atom stereocenters. The van der Waals surface area contributed by atoms with Crippen LogP contribution in [0, 0.1) is 5.92 Å². The molecule has 7 nitrogen and oxygen atoms in total. The molecule has 0 saturated carbocycles. The molecule has 0 radical (unpaired) electrons. The summed E-state index contributed by atoms with van der Waals surface area (Å²) in [6, 6.07) is 9.82. The lowest BCUT2D eigenvalue weighted by Gasteiger charge is -2.41. The van der Waals surface area contributed by atoms with E-state index in [0.29, 0.717) is 12.4 Å². The van der Waals surface area contributed by atoms with Gasteiger partial charge >= 0.3 is 0 Å². The van der Waals surface area contributed by atoms with Crippen molar-refractivity contribution in [2.75, 3.05) is 20.8 Å². The fourth-order valence-electron chi connectivity index (χ4n) is 2.77. The largest absolute Gasteiger partial charge is 0.469 e. The third-order valence-electron chi connectivity index (χ3n) is 4.22. The Morgan fingerprint density at radius 1 is 1.15 bits per heavy atom. The number of rotatable bonds is 7. The van der Waals surface area contributed by atoms with Crippen molar-refractivity contribution in [2.45, 2.75) is 51.1 Å². The third-order valence-corrected chi connectivity index (χ3v) is 4.22. The van der Waals surface area contributed by atoms with Crippen LogP contribution in [0.3, 0.4) is 0 Å². The van der Waals surface area contributed by atoms with E-state index in [1.54, 1.807) is 0 Å². The summed E-state index contributed by atoms with van der Waals surface area (Å²) in [5.41, 5.74) is 1.05. The number of ether oxygens (including phenoxy) is 4. The molecule has 0 spiro atoms. The van der Waals surface area contributed by atoms with Crippen molar-refractivity contribution < 1.29 is 29.2 Å². The molecule has 5 unspecified atom stereocenters. The highest BCUT2D eigenvalue weighted by Crippen LogP contribution is 2.25. The van der Waals surface area contributed by atoms with Crippen molar-refractivity contribution in [3.8, 4) is 0 Å². The number of benzene rings is 1. The summed E-state index contributed by atoms with van der Waals surface area (Å²) < 4.78 is 21.9. The Kier molecular flexibility index (Phi) is 7.99. The third kappa shape index (κ3) is 5.25. The minimum absolute atomic E-state index is 0.00254. The van der Waals surface area contributed by atoms with Gasteiger partial charge in [0.25, 0.3) is 0 Å². The zero-order chi connectivity index (χ0) is 19.1. The number of aliphatic imine (C=N–C) groups is 1. The van der Waals surface area contributed by atoms with Crippen LogP contribution in [0.1, 0.15) is 19.4 Å². The normalized spacial score (nSPS) is 29.8.